The number of carbonyl (C=O) groups is 1. The third-order valence-corrected chi connectivity index (χ3v) is 7.49. The Morgan fingerprint density at radius 1 is 1.09 bits per heavy atom. The van der Waals surface area contributed by atoms with Crippen LogP contribution in [0.15, 0.2) is 71.6 Å². The van der Waals surface area contributed by atoms with Gasteiger partial charge in [0.15, 0.2) is 0 Å². The van der Waals surface area contributed by atoms with Crippen molar-refractivity contribution in [3.8, 4) is 0 Å². The molecule has 4 rings (SSSR count). The molecule has 3 N–H and O–H groups in total. The summed E-state index contributed by atoms with van der Waals surface area (Å²) in [5.74, 6) is -0.521. The van der Waals surface area contributed by atoms with Crippen LogP contribution >= 0.6 is 46.9 Å². The van der Waals surface area contributed by atoms with E-state index in [0.717, 1.165) is 0 Å². The number of allylic oxidation sites excluding steroid dienone is 2. The lowest BCUT2D eigenvalue weighted by Crippen LogP contribution is -2.26. The van der Waals surface area contributed by atoms with Gasteiger partial charge in [-0.25, -0.2) is 8.42 Å². The summed E-state index contributed by atoms with van der Waals surface area (Å²) in [6.45, 7) is 0.119. The predicted octanol–water partition coefficient (Wildman–Crippen LogP) is 5.04. The number of carbonyl (C=O) groups excluding carboxylic acids is 1. The molecule has 0 aromatic heterocycles. The van der Waals surface area contributed by atoms with E-state index in [-0.39, 0.29) is 27.7 Å². The van der Waals surface area contributed by atoms with Gasteiger partial charge in [-0.15, -0.1) is 0 Å². The minimum Gasteiger partial charge on any atom is -0.348 e. The molecule has 2 aromatic carbocycles. The molecule has 2 aliphatic rings. The number of sulfonamides is 1. The Bertz CT molecular complexity index is 1290. The van der Waals surface area contributed by atoms with Gasteiger partial charge in [0.1, 0.15) is 4.91 Å². The van der Waals surface area contributed by atoms with Gasteiger partial charge in [-0.2, -0.15) is 0 Å². The number of halogens is 3. The molecule has 1 amide bonds. The van der Waals surface area contributed by atoms with Crippen LogP contribution in [0.5, 0.6) is 0 Å². The highest BCUT2D eigenvalue weighted by molar-refractivity contribution is 7.97. The first-order valence-corrected chi connectivity index (χ1v) is 12.5. The van der Waals surface area contributed by atoms with Crippen LogP contribution in [0.4, 0.5) is 5.69 Å². The van der Waals surface area contributed by atoms with Crippen LogP contribution in [0.3, 0.4) is 0 Å². The van der Waals surface area contributed by atoms with Crippen molar-refractivity contribution in [3.05, 3.63) is 97.7 Å². The summed E-state index contributed by atoms with van der Waals surface area (Å²) >= 11 is 19.4. The molecule has 0 unspecified atom stereocenters. The van der Waals surface area contributed by atoms with E-state index < -0.39 is 15.9 Å². The molecule has 0 aliphatic carbocycles. The maximum Gasteiger partial charge on any atom is 0.264 e. The van der Waals surface area contributed by atoms with E-state index in [1.54, 1.807) is 41.0 Å². The molecule has 2 aromatic rings. The second-order valence-electron chi connectivity index (χ2n) is 6.65. The maximum absolute atomic E-state index is 13.1. The Morgan fingerprint density at radius 3 is 2.62 bits per heavy atom. The molecule has 0 saturated heterocycles. The number of amides is 1. The number of benzene rings is 2. The number of rotatable bonds is 6. The highest BCUT2D eigenvalue weighted by atomic mass is 35.5. The van der Waals surface area contributed by atoms with Crippen LogP contribution in [0, 0.1) is 0 Å². The fourth-order valence-corrected chi connectivity index (χ4v) is 5.62. The van der Waals surface area contributed by atoms with Crippen LogP contribution in [0.1, 0.15) is 15.9 Å². The SMILES string of the molecule is O=C(NCc1ccc(Cl)cc1Cl)c1cc(Cl)ccc1NS(=O)(=O)C1=CC=CN2SNC=C12. The third kappa shape index (κ3) is 4.87. The summed E-state index contributed by atoms with van der Waals surface area (Å²) in [4.78, 5) is 12.9. The molecule has 0 bridgehead atoms. The van der Waals surface area contributed by atoms with Gasteiger partial charge >= 0.3 is 0 Å². The quantitative estimate of drug-likeness (QED) is 0.454. The zero-order valence-corrected chi connectivity index (χ0v) is 20.0. The molecule has 166 valence electrons. The van der Waals surface area contributed by atoms with Crippen molar-refractivity contribution in [3.63, 3.8) is 0 Å². The second kappa shape index (κ2) is 9.29. The molecule has 32 heavy (non-hydrogen) atoms. The number of fused-ring (bicyclic) bond motifs is 1. The summed E-state index contributed by atoms with van der Waals surface area (Å²) in [5.41, 5.74) is 1.30. The van der Waals surface area contributed by atoms with E-state index in [2.05, 4.69) is 14.8 Å². The first kappa shape index (κ1) is 22.9. The average Bonchev–Trinajstić information content (AvgIpc) is 3.23. The van der Waals surface area contributed by atoms with Crippen molar-refractivity contribution in [1.29, 1.82) is 0 Å². The standard InChI is InChI=1S/C20H15Cl3N4O3S2/c21-13-5-6-17(26-32(29,30)19-2-1-7-27-18(19)11-25-31-27)15(8-13)20(28)24-10-12-3-4-14(22)9-16(12)23/h1-9,11,25-26H,10H2,(H,24,28). The molecule has 0 radical (unpaired) electrons. The molecule has 0 saturated carbocycles. The number of nitrogens with zero attached hydrogens (tertiary/aromatic N) is 1. The molecule has 2 heterocycles. The van der Waals surface area contributed by atoms with Gasteiger partial charge in [-0.3, -0.25) is 13.8 Å². The van der Waals surface area contributed by atoms with Crippen molar-refractivity contribution >= 4 is 68.6 Å². The van der Waals surface area contributed by atoms with Crippen molar-refractivity contribution in [2.24, 2.45) is 0 Å². The number of nitrogens with one attached hydrogen (secondary N) is 3. The summed E-state index contributed by atoms with van der Waals surface area (Å²) in [6.07, 6.45) is 6.43. The Balaban J connectivity index is 1.57. The van der Waals surface area contributed by atoms with Crippen LogP contribution in [-0.2, 0) is 16.6 Å². The fourth-order valence-electron chi connectivity index (χ4n) is 2.99. The number of hydrogen-bond acceptors (Lipinski definition) is 6. The van der Waals surface area contributed by atoms with Crippen LogP contribution in [0.2, 0.25) is 15.1 Å². The Morgan fingerprint density at radius 2 is 1.84 bits per heavy atom. The second-order valence-corrected chi connectivity index (χ2v) is 10.4. The lowest BCUT2D eigenvalue weighted by atomic mass is 10.1. The lowest BCUT2D eigenvalue weighted by molar-refractivity contribution is 0.0952. The third-order valence-electron chi connectivity index (χ3n) is 4.52. The van der Waals surface area contributed by atoms with Gasteiger partial charge in [-0.05, 0) is 48.0 Å². The summed E-state index contributed by atoms with van der Waals surface area (Å²) in [6, 6.07) is 9.27. The van der Waals surface area contributed by atoms with Gasteiger partial charge in [0.05, 0.1) is 29.1 Å². The van der Waals surface area contributed by atoms with E-state index >= 15 is 0 Å². The van der Waals surface area contributed by atoms with Crippen molar-refractivity contribution in [2.45, 2.75) is 6.54 Å². The van der Waals surface area contributed by atoms with Crippen LogP contribution < -0.4 is 14.8 Å². The largest absolute Gasteiger partial charge is 0.348 e. The summed E-state index contributed by atoms with van der Waals surface area (Å²) in [7, 11) is -4.00. The first-order chi connectivity index (χ1) is 15.2. The van der Waals surface area contributed by atoms with E-state index in [1.165, 1.54) is 36.4 Å². The maximum atomic E-state index is 13.1. The zero-order valence-electron chi connectivity index (χ0n) is 16.1. The predicted molar refractivity (Wildman–Crippen MR) is 129 cm³/mol. The summed E-state index contributed by atoms with van der Waals surface area (Å²) < 4.78 is 33.3. The normalized spacial score (nSPS) is 14.9. The lowest BCUT2D eigenvalue weighted by Gasteiger charge is -2.21. The van der Waals surface area contributed by atoms with Gasteiger partial charge < -0.3 is 10.0 Å². The van der Waals surface area contributed by atoms with Crippen LogP contribution in [-0.4, -0.2) is 18.6 Å². The van der Waals surface area contributed by atoms with E-state index in [1.807, 2.05) is 0 Å². The highest BCUT2D eigenvalue weighted by Gasteiger charge is 2.30. The Kier molecular flexibility index (Phi) is 6.64. The molecule has 7 nitrogen and oxygen atoms in total. The molecule has 2 aliphatic heterocycles. The Hall–Kier alpha value is -2.30. The van der Waals surface area contributed by atoms with Gasteiger partial charge in [0.25, 0.3) is 15.9 Å². The van der Waals surface area contributed by atoms with Gasteiger partial charge in [-0.1, -0.05) is 40.9 Å². The summed E-state index contributed by atoms with van der Waals surface area (Å²) in [5, 5.41) is 3.90. The molecule has 0 atom stereocenters. The first-order valence-electron chi connectivity index (χ1n) is 9.10. The minimum atomic E-state index is -4.00. The monoisotopic (exact) mass is 528 g/mol. The zero-order chi connectivity index (χ0) is 22.9. The molecular formula is C20H15Cl3N4O3S2. The van der Waals surface area contributed by atoms with Gasteiger partial charge in [0.2, 0.25) is 0 Å². The van der Waals surface area contributed by atoms with Crippen molar-refractivity contribution in [1.82, 2.24) is 14.3 Å². The Labute approximate surface area is 204 Å². The molecule has 12 heteroatoms. The molecular weight excluding hydrogens is 515 g/mol. The van der Waals surface area contributed by atoms with Crippen molar-refractivity contribution in [2.75, 3.05) is 4.72 Å². The average molecular weight is 530 g/mol. The fraction of sp³-hybridized carbons (Fsp3) is 0.0500. The van der Waals surface area contributed by atoms with E-state index in [9.17, 15) is 13.2 Å². The van der Waals surface area contributed by atoms with E-state index in [0.29, 0.717) is 21.3 Å². The van der Waals surface area contributed by atoms with Crippen LogP contribution in [0.25, 0.3) is 0 Å². The number of anilines is 1. The van der Waals surface area contributed by atoms with Gasteiger partial charge in [0, 0.05) is 34.0 Å². The molecule has 0 fully saturated rings. The van der Waals surface area contributed by atoms with E-state index in [4.69, 9.17) is 34.8 Å². The highest BCUT2D eigenvalue weighted by Crippen LogP contribution is 2.34. The smallest absolute Gasteiger partial charge is 0.264 e. The van der Waals surface area contributed by atoms with Crippen molar-refractivity contribution < 1.29 is 13.2 Å². The number of hydrogen-bond donors (Lipinski definition) is 3. The molecule has 0 spiro atoms. The minimum absolute atomic E-state index is 0.0618. The topological polar surface area (TPSA) is 90.5 Å².